The average Bonchev–Trinajstić information content (AvgIpc) is 3.36. The molecule has 1 aliphatic carbocycles. The zero-order valence-electron chi connectivity index (χ0n) is 13.9. The molecule has 1 heterocycles. The monoisotopic (exact) mass is 374 g/mol. The lowest BCUT2D eigenvalue weighted by atomic mass is 10.1. The topological polar surface area (TPSA) is 87.0 Å². The number of nitriles is 1. The SMILES string of the molecule is CCOc1ccc(Cl)c(C2CC2NC(=O)Nc2ccc(C#N)cn2)c1F. The highest BCUT2D eigenvalue weighted by Gasteiger charge is 2.43. The number of halogens is 2. The van der Waals surface area contributed by atoms with Crippen LogP contribution in [0.2, 0.25) is 5.02 Å². The number of ether oxygens (including phenoxy) is 1. The van der Waals surface area contributed by atoms with Crippen LogP contribution >= 0.6 is 11.6 Å². The van der Waals surface area contributed by atoms with E-state index in [1.165, 1.54) is 18.3 Å². The Labute approximate surface area is 154 Å². The molecular formula is C18H16ClFN4O2. The van der Waals surface area contributed by atoms with Gasteiger partial charge in [-0.1, -0.05) is 11.6 Å². The molecule has 1 fully saturated rings. The fraction of sp³-hybridized carbons (Fsp3) is 0.278. The summed E-state index contributed by atoms with van der Waals surface area (Å²) in [6, 6.07) is 7.45. The van der Waals surface area contributed by atoms with Gasteiger partial charge < -0.3 is 10.1 Å². The largest absolute Gasteiger partial charge is 0.491 e. The summed E-state index contributed by atoms with van der Waals surface area (Å²) in [5.41, 5.74) is 0.761. The summed E-state index contributed by atoms with van der Waals surface area (Å²) < 4.78 is 19.8. The number of nitrogens with one attached hydrogen (secondary N) is 2. The first-order chi connectivity index (χ1) is 12.5. The fourth-order valence-electron chi connectivity index (χ4n) is 2.68. The normalized spacial score (nSPS) is 17.9. The molecule has 2 aromatic rings. The van der Waals surface area contributed by atoms with Crippen molar-refractivity contribution in [3.63, 3.8) is 0 Å². The summed E-state index contributed by atoms with van der Waals surface area (Å²) in [5, 5.41) is 14.4. The number of urea groups is 1. The second-order valence-corrected chi connectivity index (χ2v) is 6.20. The molecule has 1 aromatic carbocycles. The lowest BCUT2D eigenvalue weighted by Gasteiger charge is -2.11. The van der Waals surface area contributed by atoms with Crippen molar-refractivity contribution in [2.75, 3.05) is 11.9 Å². The highest BCUT2D eigenvalue weighted by molar-refractivity contribution is 6.31. The number of amides is 2. The number of carbonyl (C=O) groups excluding carboxylic acids is 1. The second-order valence-electron chi connectivity index (χ2n) is 5.80. The zero-order chi connectivity index (χ0) is 18.7. The van der Waals surface area contributed by atoms with Gasteiger partial charge >= 0.3 is 6.03 Å². The third-order valence-corrected chi connectivity index (χ3v) is 4.33. The van der Waals surface area contributed by atoms with Gasteiger partial charge in [-0.3, -0.25) is 5.32 Å². The van der Waals surface area contributed by atoms with Gasteiger partial charge in [0.1, 0.15) is 11.9 Å². The minimum Gasteiger partial charge on any atom is -0.491 e. The third kappa shape index (κ3) is 3.86. The number of pyridine rings is 1. The maximum absolute atomic E-state index is 14.6. The van der Waals surface area contributed by atoms with Gasteiger partial charge in [0.25, 0.3) is 0 Å². The molecular weight excluding hydrogens is 359 g/mol. The van der Waals surface area contributed by atoms with E-state index < -0.39 is 11.8 Å². The summed E-state index contributed by atoms with van der Waals surface area (Å²) in [7, 11) is 0. The Morgan fingerprint density at radius 1 is 1.46 bits per heavy atom. The second kappa shape index (κ2) is 7.58. The van der Waals surface area contributed by atoms with E-state index in [2.05, 4.69) is 15.6 Å². The molecule has 2 amide bonds. The first kappa shape index (κ1) is 18.0. The first-order valence-electron chi connectivity index (χ1n) is 8.07. The fourth-order valence-corrected chi connectivity index (χ4v) is 2.97. The van der Waals surface area contributed by atoms with Crippen LogP contribution in [0.4, 0.5) is 15.0 Å². The molecule has 2 N–H and O–H groups in total. The van der Waals surface area contributed by atoms with Gasteiger partial charge in [-0.25, -0.2) is 14.2 Å². The summed E-state index contributed by atoms with van der Waals surface area (Å²) in [6.45, 7) is 2.13. The van der Waals surface area contributed by atoms with E-state index in [4.69, 9.17) is 21.6 Å². The summed E-state index contributed by atoms with van der Waals surface area (Å²) in [4.78, 5) is 16.0. The van der Waals surface area contributed by atoms with Gasteiger partial charge in [-0.2, -0.15) is 5.26 Å². The number of nitrogens with zero attached hydrogens (tertiary/aromatic N) is 2. The lowest BCUT2D eigenvalue weighted by molar-refractivity contribution is 0.251. The quantitative estimate of drug-likeness (QED) is 0.832. The van der Waals surface area contributed by atoms with Crippen molar-refractivity contribution in [3.8, 4) is 11.8 Å². The van der Waals surface area contributed by atoms with Crippen LogP contribution in [0, 0.1) is 17.1 Å². The van der Waals surface area contributed by atoms with Gasteiger partial charge in [0, 0.05) is 28.7 Å². The molecule has 26 heavy (non-hydrogen) atoms. The summed E-state index contributed by atoms with van der Waals surface area (Å²) in [5.74, 6) is -0.213. The van der Waals surface area contributed by atoms with Crippen LogP contribution in [0.3, 0.4) is 0 Å². The smallest absolute Gasteiger partial charge is 0.320 e. The summed E-state index contributed by atoms with van der Waals surface area (Å²) >= 11 is 6.14. The maximum atomic E-state index is 14.6. The lowest BCUT2D eigenvalue weighted by Crippen LogP contribution is -2.31. The van der Waals surface area contributed by atoms with Crippen molar-refractivity contribution in [1.29, 1.82) is 5.26 Å². The van der Waals surface area contributed by atoms with Crippen LogP contribution in [0.5, 0.6) is 5.75 Å². The molecule has 0 saturated heterocycles. The van der Waals surface area contributed by atoms with Crippen molar-refractivity contribution in [3.05, 3.63) is 52.4 Å². The predicted molar refractivity (Wildman–Crippen MR) is 94.8 cm³/mol. The molecule has 6 nitrogen and oxygen atoms in total. The molecule has 1 aliphatic rings. The molecule has 0 spiro atoms. The van der Waals surface area contributed by atoms with Gasteiger partial charge in [-0.05, 0) is 37.6 Å². The average molecular weight is 375 g/mol. The Morgan fingerprint density at radius 3 is 2.92 bits per heavy atom. The van der Waals surface area contributed by atoms with Crippen molar-refractivity contribution in [2.24, 2.45) is 0 Å². The highest BCUT2D eigenvalue weighted by Crippen LogP contribution is 2.46. The van der Waals surface area contributed by atoms with E-state index in [0.29, 0.717) is 35.0 Å². The van der Waals surface area contributed by atoms with E-state index in [9.17, 15) is 9.18 Å². The maximum Gasteiger partial charge on any atom is 0.320 e. The number of aromatic nitrogens is 1. The predicted octanol–water partition coefficient (Wildman–Crippen LogP) is 3.82. The number of anilines is 1. The number of benzene rings is 1. The molecule has 8 heteroatoms. The number of hydrogen-bond donors (Lipinski definition) is 2. The number of rotatable bonds is 5. The van der Waals surface area contributed by atoms with E-state index in [1.807, 2.05) is 6.07 Å². The molecule has 0 bridgehead atoms. The zero-order valence-corrected chi connectivity index (χ0v) is 14.7. The Bertz CT molecular complexity index is 867. The minimum absolute atomic E-state index is 0.156. The molecule has 1 aromatic heterocycles. The number of hydrogen-bond acceptors (Lipinski definition) is 4. The van der Waals surface area contributed by atoms with Gasteiger partial charge in [0.05, 0.1) is 12.2 Å². The van der Waals surface area contributed by atoms with Crippen LogP contribution < -0.4 is 15.4 Å². The molecule has 1 saturated carbocycles. The van der Waals surface area contributed by atoms with Crippen LogP contribution in [-0.4, -0.2) is 23.7 Å². The summed E-state index contributed by atoms with van der Waals surface area (Å²) in [6.07, 6.45) is 1.95. The van der Waals surface area contributed by atoms with Crippen molar-refractivity contribution in [1.82, 2.24) is 10.3 Å². The van der Waals surface area contributed by atoms with E-state index in [-0.39, 0.29) is 17.7 Å². The molecule has 134 valence electrons. The Hall–Kier alpha value is -2.85. The standard InChI is InChI=1S/C18H16ClFN4O2/c1-2-26-14-5-4-12(19)16(17(14)20)11-7-13(11)23-18(25)24-15-6-3-10(8-21)9-22-15/h3-6,9,11,13H,2,7H2,1H3,(H2,22,23,24,25). The van der Waals surface area contributed by atoms with Crippen molar-refractivity contribution in [2.45, 2.75) is 25.3 Å². The van der Waals surface area contributed by atoms with E-state index >= 15 is 0 Å². The molecule has 2 unspecified atom stereocenters. The molecule has 0 radical (unpaired) electrons. The van der Waals surface area contributed by atoms with Gasteiger partial charge in [-0.15, -0.1) is 0 Å². The van der Waals surface area contributed by atoms with Crippen LogP contribution in [-0.2, 0) is 0 Å². The Balaban J connectivity index is 1.63. The van der Waals surface area contributed by atoms with E-state index in [0.717, 1.165) is 0 Å². The van der Waals surface area contributed by atoms with Crippen LogP contribution in [0.25, 0.3) is 0 Å². The van der Waals surface area contributed by atoms with Crippen LogP contribution in [0.15, 0.2) is 30.5 Å². The molecule has 2 atom stereocenters. The van der Waals surface area contributed by atoms with Gasteiger partial charge in [0.15, 0.2) is 11.6 Å². The van der Waals surface area contributed by atoms with Gasteiger partial charge in [0.2, 0.25) is 0 Å². The molecule has 3 rings (SSSR count). The third-order valence-electron chi connectivity index (χ3n) is 4.00. The van der Waals surface area contributed by atoms with Crippen molar-refractivity contribution < 1.29 is 13.9 Å². The van der Waals surface area contributed by atoms with Crippen molar-refractivity contribution >= 4 is 23.4 Å². The first-order valence-corrected chi connectivity index (χ1v) is 8.45. The van der Waals surface area contributed by atoms with Crippen LogP contribution in [0.1, 0.15) is 30.4 Å². The number of carbonyl (C=O) groups is 1. The van der Waals surface area contributed by atoms with E-state index in [1.54, 1.807) is 19.1 Å². The Morgan fingerprint density at radius 2 is 2.27 bits per heavy atom. The highest BCUT2D eigenvalue weighted by atomic mass is 35.5. The molecule has 0 aliphatic heterocycles. The Kier molecular flexibility index (Phi) is 5.24. The minimum atomic E-state index is -0.484.